The summed E-state index contributed by atoms with van der Waals surface area (Å²) >= 11 is 0. The van der Waals surface area contributed by atoms with Crippen LogP contribution in [-0.2, 0) is 0 Å². The number of piperazine rings is 1. The second kappa shape index (κ2) is 6.85. The summed E-state index contributed by atoms with van der Waals surface area (Å²) < 4.78 is 0. The zero-order valence-corrected chi connectivity index (χ0v) is 12.7. The Hall–Kier alpha value is -0.160. The molecule has 0 aromatic carbocycles. The predicted molar refractivity (Wildman–Crippen MR) is 76.9 cm³/mol. The summed E-state index contributed by atoms with van der Waals surface area (Å²) in [5.74, 6) is 0. The van der Waals surface area contributed by atoms with Crippen molar-refractivity contribution in [1.82, 2.24) is 15.1 Å². The molecule has 3 atom stereocenters. The Bertz CT molecular complexity index is 231. The highest BCUT2D eigenvalue weighted by atomic mass is 16.3. The number of aliphatic hydroxyl groups excluding tert-OH is 1. The molecule has 1 fully saturated rings. The Balaban J connectivity index is 2.32. The second-order valence-corrected chi connectivity index (χ2v) is 6.20. The van der Waals surface area contributed by atoms with Gasteiger partial charge < -0.3 is 15.3 Å². The van der Waals surface area contributed by atoms with Crippen LogP contribution < -0.4 is 5.32 Å². The first-order chi connectivity index (χ1) is 8.41. The van der Waals surface area contributed by atoms with Gasteiger partial charge in [0.1, 0.15) is 0 Å². The molecule has 18 heavy (non-hydrogen) atoms. The number of nitrogens with one attached hydrogen (secondary N) is 1. The van der Waals surface area contributed by atoms with Gasteiger partial charge in [0.05, 0.1) is 6.61 Å². The Labute approximate surface area is 112 Å². The van der Waals surface area contributed by atoms with Crippen LogP contribution in [0.2, 0.25) is 0 Å². The van der Waals surface area contributed by atoms with Crippen molar-refractivity contribution in [3.8, 4) is 0 Å². The molecule has 0 aromatic heterocycles. The van der Waals surface area contributed by atoms with E-state index in [0.717, 1.165) is 32.5 Å². The number of rotatable bonds is 6. The van der Waals surface area contributed by atoms with E-state index in [4.69, 9.17) is 0 Å². The average molecular weight is 257 g/mol. The summed E-state index contributed by atoms with van der Waals surface area (Å²) in [6.07, 6.45) is 2.16. The van der Waals surface area contributed by atoms with Crippen LogP contribution >= 0.6 is 0 Å². The largest absolute Gasteiger partial charge is 0.394 e. The van der Waals surface area contributed by atoms with Crippen molar-refractivity contribution in [3.05, 3.63) is 0 Å². The number of aliphatic hydroxyl groups is 1. The lowest BCUT2D eigenvalue weighted by atomic mass is 9.96. The lowest BCUT2D eigenvalue weighted by Crippen LogP contribution is -2.55. The third kappa shape index (κ3) is 4.19. The molecule has 0 aliphatic carbocycles. The maximum Gasteiger partial charge on any atom is 0.0610 e. The lowest BCUT2D eigenvalue weighted by Gasteiger charge is -2.42. The van der Waals surface area contributed by atoms with Crippen LogP contribution in [0.4, 0.5) is 0 Å². The quantitative estimate of drug-likeness (QED) is 0.737. The van der Waals surface area contributed by atoms with E-state index >= 15 is 0 Å². The Morgan fingerprint density at radius 2 is 1.83 bits per heavy atom. The molecule has 0 bridgehead atoms. The van der Waals surface area contributed by atoms with Gasteiger partial charge in [0.15, 0.2) is 0 Å². The zero-order valence-electron chi connectivity index (χ0n) is 12.7. The van der Waals surface area contributed by atoms with Gasteiger partial charge in [-0.1, -0.05) is 0 Å². The topological polar surface area (TPSA) is 38.7 Å². The highest BCUT2D eigenvalue weighted by Gasteiger charge is 2.27. The Kier molecular flexibility index (Phi) is 6.05. The first kappa shape index (κ1) is 15.9. The van der Waals surface area contributed by atoms with E-state index in [1.165, 1.54) is 0 Å². The highest BCUT2D eigenvalue weighted by Crippen LogP contribution is 2.16. The fourth-order valence-electron chi connectivity index (χ4n) is 2.67. The van der Waals surface area contributed by atoms with E-state index in [-0.39, 0.29) is 12.1 Å². The first-order valence-corrected chi connectivity index (χ1v) is 7.16. The summed E-state index contributed by atoms with van der Waals surface area (Å²) in [4.78, 5) is 5.02. The third-order valence-corrected chi connectivity index (χ3v) is 4.59. The molecule has 1 rings (SSSR count). The normalized spacial score (nSPS) is 30.3. The standard InChI is InChI=1S/C14H31N3O/c1-12-9-17(10-13(2)16(12)5)8-6-7-14(3,11-18)15-4/h12-13,15,18H,6-11H2,1-5H3. The molecule has 1 aliphatic rings. The minimum Gasteiger partial charge on any atom is -0.394 e. The first-order valence-electron chi connectivity index (χ1n) is 7.16. The van der Waals surface area contributed by atoms with Crippen molar-refractivity contribution >= 4 is 0 Å². The fraction of sp³-hybridized carbons (Fsp3) is 1.00. The van der Waals surface area contributed by atoms with Crippen LogP contribution in [0.1, 0.15) is 33.6 Å². The predicted octanol–water partition coefficient (Wildman–Crippen LogP) is 0.761. The summed E-state index contributed by atoms with van der Waals surface area (Å²) in [6.45, 7) is 10.4. The van der Waals surface area contributed by atoms with Crippen molar-refractivity contribution in [1.29, 1.82) is 0 Å². The van der Waals surface area contributed by atoms with Gasteiger partial charge in [-0.3, -0.25) is 4.90 Å². The molecular formula is C14H31N3O. The molecule has 2 N–H and O–H groups in total. The SMILES string of the molecule is CNC(C)(CO)CCCN1CC(C)N(C)C(C)C1. The summed E-state index contributed by atoms with van der Waals surface area (Å²) in [7, 11) is 4.15. The molecule has 1 heterocycles. The molecule has 1 saturated heterocycles. The van der Waals surface area contributed by atoms with Crippen LogP contribution in [-0.4, -0.2) is 72.9 Å². The van der Waals surface area contributed by atoms with Crippen LogP contribution in [0.3, 0.4) is 0 Å². The van der Waals surface area contributed by atoms with Gasteiger partial charge in [0, 0.05) is 30.7 Å². The molecular weight excluding hydrogens is 226 g/mol. The van der Waals surface area contributed by atoms with Gasteiger partial charge in [0.25, 0.3) is 0 Å². The summed E-state index contributed by atoms with van der Waals surface area (Å²) in [5.41, 5.74) is -0.121. The summed E-state index contributed by atoms with van der Waals surface area (Å²) in [6, 6.07) is 1.28. The minimum absolute atomic E-state index is 0.121. The van der Waals surface area contributed by atoms with E-state index in [9.17, 15) is 5.11 Å². The minimum atomic E-state index is -0.121. The average Bonchev–Trinajstić information content (AvgIpc) is 2.35. The van der Waals surface area contributed by atoms with Crippen molar-refractivity contribution < 1.29 is 5.11 Å². The monoisotopic (exact) mass is 257 g/mol. The van der Waals surface area contributed by atoms with E-state index in [0.29, 0.717) is 12.1 Å². The molecule has 108 valence electrons. The van der Waals surface area contributed by atoms with Gasteiger partial charge in [-0.25, -0.2) is 0 Å². The van der Waals surface area contributed by atoms with Gasteiger partial charge in [-0.2, -0.15) is 0 Å². The number of hydrogen-bond acceptors (Lipinski definition) is 4. The number of hydrogen-bond donors (Lipinski definition) is 2. The molecule has 0 aromatic rings. The van der Waals surface area contributed by atoms with Crippen molar-refractivity contribution in [2.75, 3.05) is 40.3 Å². The maximum atomic E-state index is 9.36. The zero-order chi connectivity index (χ0) is 13.8. The van der Waals surface area contributed by atoms with Crippen molar-refractivity contribution in [2.24, 2.45) is 0 Å². The third-order valence-electron chi connectivity index (χ3n) is 4.59. The maximum absolute atomic E-state index is 9.36. The van der Waals surface area contributed by atoms with E-state index in [1.807, 2.05) is 7.05 Å². The lowest BCUT2D eigenvalue weighted by molar-refractivity contribution is 0.0567. The van der Waals surface area contributed by atoms with Gasteiger partial charge in [-0.05, 0) is 54.3 Å². The molecule has 1 aliphatic heterocycles. The van der Waals surface area contributed by atoms with Crippen LogP contribution in [0, 0.1) is 0 Å². The number of likely N-dealkylation sites (N-methyl/N-ethyl adjacent to an activating group) is 2. The molecule has 0 spiro atoms. The number of nitrogens with zero attached hydrogens (tertiary/aromatic N) is 2. The highest BCUT2D eigenvalue weighted by molar-refractivity contribution is 4.84. The summed E-state index contributed by atoms with van der Waals surface area (Å²) in [5, 5.41) is 12.6. The van der Waals surface area contributed by atoms with Crippen LogP contribution in [0.25, 0.3) is 0 Å². The molecule has 0 radical (unpaired) electrons. The van der Waals surface area contributed by atoms with E-state index < -0.39 is 0 Å². The molecule has 0 amide bonds. The van der Waals surface area contributed by atoms with Crippen LogP contribution in [0.5, 0.6) is 0 Å². The molecule has 3 unspecified atom stereocenters. The second-order valence-electron chi connectivity index (χ2n) is 6.20. The Morgan fingerprint density at radius 1 is 1.28 bits per heavy atom. The molecule has 4 nitrogen and oxygen atoms in total. The molecule has 0 saturated carbocycles. The Morgan fingerprint density at radius 3 is 2.28 bits per heavy atom. The molecule has 4 heteroatoms. The fourth-order valence-corrected chi connectivity index (χ4v) is 2.67. The van der Waals surface area contributed by atoms with E-state index in [2.05, 4.69) is 42.9 Å². The van der Waals surface area contributed by atoms with Gasteiger partial charge in [-0.15, -0.1) is 0 Å². The van der Waals surface area contributed by atoms with Gasteiger partial charge in [0.2, 0.25) is 0 Å². The van der Waals surface area contributed by atoms with E-state index in [1.54, 1.807) is 0 Å². The smallest absolute Gasteiger partial charge is 0.0610 e. The van der Waals surface area contributed by atoms with Crippen LogP contribution in [0.15, 0.2) is 0 Å². The van der Waals surface area contributed by atoms with Crippen molar-refractivity contribution in [2.45, 2.75) is 51.2 Å². The van der Waals surface area contributed by atoms with Crippen molar-refractivity contribution in [3.63, 3.8) is 0 Å². The van der Waals surface area contributed by atoms with Gasteiger partial charge >= 0.3 is 0 Å².